The molecule has 0 heterocycles. The van der Waals surface area contributed by atoms with Crippen LogP contribution in [0.5, 0.6) is 0 Å². The summed E-state index contributed by atoms with van der Waals surface area (Å²) in [7, 11) is 0. The second-order valence-corrected chi connectivity index (χ2v) is 5.18. The van der Waals surface area contributed by atoms with Gasteiger partial charge < -0.3 is 10.4 Å². The summed E-state index contributed by atoms with van der Waals surface area (Å²) in [5.74, 6) is -1.66. The molecule has 1 aromatic rings. The normalized spacial score (nSPS) is 12.0. The van der Waals surface area contributed by atoms with Gasteiger partial charge in [0.15, 0.2) is 0 Å². The summed E-state index contributed by atoms with van der Waals surface area (Å²) in [6.45, 7) is 3.79. The largest absolute Gasteiger partial charge is 0.478 e. The van der Waals surface area contributed by atoms with Gasteiger partial charge in [0.1, 0.15) is 6.04 Å². The van der Waals surface area contributed by atoms with Crippen molar-refractivity contribution in [1.29, 1.82) is 0 Å². The predicted molar refractivity (Wildman–Crippen MR) is 75.0 cm³/mol. The highest BCUT2D eigenvalue weighted by Crippen LogP contribution is 2.12. The molecule has 0 aliphatic heterocycles. The van der Waals surface area contributed by atoms with Crippen LogP contribution in [-0.2, 0) is 4.79 Å². The van der Waals surface area contributed by atoms with E-state index in [-0.39, 0.29) is 17.0 Å². The quantitative estimate of drug-likeness (QED) is 0.789. The van der Waals surface area contributed by atoms with E-state index in [1.165, 1.54) is 18.2 Å². The number of benzene rings is 1. The van der Waals surface area contributed by atoms with Crippen molar-refractivity contribution >= 4 is 28.7 Å². The summed E-state index contributed by atoms with van der Waals surface area (Å²) in [5.41, 5.74) is -0.109. The number of carboxylic acid groups (broad SMARTS) is 1. The minimum Gasteiger partial charge on any atom is -0.478 e. The van der Waals surface area contributed by atoms with Gasteiger partial charge in [0, 0.05) is 0 Å². The van der Waals surface area contributed by atoms with E-state index in [4.69, 9.17) is 16.7 Å². The number of carbonyl (C=O) groups is 3. The standard InChI is InChI=1S/C14H16ClNO4/c1-8(2)7-11(12(15)17)16-13(18)9-5-3-4-6-10(9)14(19)20/h3-6,8,11H,7H2,1-2H3,(H,16,18)(H,19,20)/t11-/m0/s1. The van der Waals surface area contributed by atoms with Gasteiger partial charge in [-0.25, -0.2) is 4.79 Å². The second kappa shape index (κ2) is 7.05. The Bertz CT molecular complexity index is 528. The van der Waals surface area contributed by atoms with Gasteiger partial charge >= 0.3 is 5.97 Å². The minimum atomic E-state index is -1.20. The molecule has 108 valence electrons. The molecule has 0 spiro atoms. The zero-order valence-corrected chi connectivity index (χ0v) is 12.0. The van der Waals surface area contributed by atoms with E-state index in [0.717, 1.165) is 0 Å². The van der Waals surface area contributed by atoms with Crippen LogP contribution in [-0.4, -0.2) is 28.3 Å². The highest BCUT2D eigenvalue weighted by molar-refractivity contribution is 6.64. The molecule has 0 aliphatic rings. The smallest absolute Gasteiger partial charge is 0.336 e. The van der Waals surface area contributed by atoms with E-state index in [9.17, 15) is 14.4 Å². The fraction of sp³-hybridized carbons (Fsp3) is 0.357. The lowest BCUT2D eigenvalue weighted by atomic mass is 10.0. The van der Waals surface area contributed by atoms with E-state index in [0.29, 0.717) is 6.42 Å². The van der Waals surface area contributed by atoms with Gasteiger partial charge in [0.25, 0.3) is 5.91 Å². The van der Waals surface area contributed by atoms with Crippen molar-refractivity contribution in [3.05, 3.63) is 35.4 Å². The molecule has 2 N–H and O–H groups in total. The second-order valence-electron chi connectivity index (χ2n) is 4.81. The summed E-state index contributed by atoms with van der Waals surface area (Å²) in [6.07, 6.45) is 0.392. The number of amides is 1. The average Bonchev–Trinajstić information content (AvgIpc) is 2.37. The molecule has 0 saturated carbocycles. The number of hydrogen-bond acceptors (Lipinski definition) is 3. The van der Waals surface area contributed by atoms with Gasteiger partial charge in [0.05, 0.1) is 11.1 Å². The molecule has 0 aromatic heterocycles. The van der Waals surface area contributed by atoms with Crippen LogP contribution >= 0.6 is 11.6 Å². The highest BCUT2D eigenvalue weighted by Gasteiger charge is 2.23. The average molecular weight is 298 g/mol. The van der Waals surface area contributed by atoms with Crippen LogP contribution in [0, 0.1) is 5.92 Å². The van der Waals surface area contributed by atoms with Crippen molar-refractivity contribution in [2.45, 2.75) is 26.3 Å². The molecule has 0 radical (unpaired) electrons. The lowest BCUT2D eigenvalue weighted by molar-refractivity contribution is -0.113. The molecular formula is C14H16ClNO4. The Morgan fingerprint density at radius 1 is 1.20 bits per heavy atom. The zero-order chi connectivity index (χ0) is 15.3. The molecule has 0 unspecified atom stereocenters. The predicted octanol–water partition coefficient (Wildman–Crippen LogP) is 2.29. The first-order chi connectivity index (χ1) is 9.32. The van der Waals surface area contributed by atoms with Crippen LogP contribution in [0.15, 0.2) is 24.3 Å². The third kappa shape index (κ3) is 4.35. The minimum absolute atomic E-state index is 0.00618. The summed E-state index contributed by atoms with van der Waals surface area (Å²) in [4.78, 5) is 34.4. The summed E-state index contributed by atoms with van der Waals surface area (Å²) in [6, 6.07) is 4.98. The number of carbonyl (C=O) groups excluding carboxylic acids is 2. The molecule has 1 rings (SSSR count). The molecule has 1 amide bonds. The number of nitrogens with one attached hydrogen (secondary N) is 1. The summed E-state index contributed by atoms with van der Waals surface area (Å²) in [5, 5.41) is 10.8. The van der Waals surface area contributed by atoms with Crippen LogP contribution < -0.4 is 5.32 Å². The van der Waals surface area contributed by atoms with E-state index in [2.05, 4.69) is 5.32 Å². The van der Waals surface area contributed by atoms with Gasteiger partial charge in [-0.2, -0.15) is 0 Å². The van der Waals surface area contributed by atoms with Crippen molar-refractivity contribution in [2.75, 3.05) is 0 Å². The van der Waals surface area contributed by atoms with Crippen molar-refractivity contribution in [2.24, 2.45) is 5.92 Å². The van der Waals surface area contributed by atoms with Crippen molar-refractivity contribution in [1.82, 2.24) is 5.32 Å². The molecule has 0 aliphatic carbocycles. The van der Waals surface area contributed by atoms with Gasteiger partial charge in [-0.15, -0.1) is 0 Å². The van der Waals surface area contributed by atoms with Crippen molar-refractivity contribution in [3.63, 3.8) is 0 Å². The van der Waals surface area contributed by atoms with Crippen LogP contribution in [0.3, 0.4) is 0 Å². The van der Waals surface area contributed by atoms with Gasteiger partial charge in [-0.05, 0) is 36.1 Å². The number of aromatic carboxylic acids is 1. The van der Waals surface area contributed by atoms with Gasteiger partial charge in [-0.1, -0.05) is 26.0 Å². The number of halogens is 1. The third-order valence-corrected chi connectivity index (χ3v) is 2.95. The van der Waals surface area contributed by atoms with Crippen LogP contribution in [0.25, 0.3) is 0 Å². The van der Waals surface area contributed by atoms with Crippen LogP contribution in [0.1, 0.15) is 41.0 Å². The molecular weight excluding hydrogens is 282 g/mol. The maximum absolute atomic E-state index is 12.1. The molecule has 0 fully saturated rings. The highest BCUT2D eigenvalue weighted by atomic mass is 35.5. The Kier molecular flexibility index (Phi) is 5.70. The third-order valence-electron chi connectivity index (χ3n) is 2.69. The fourth-order valence-electron chi connectivity index (χ4n) is 1.78. The lowest BCUT2D eigenvalue weighted by Gasteiger charge is -2.17. The molecule has 0 bridgehead atoms. The first kappa shape index (κ1) is 16.2. The number of hydrogen-bond donors (Lipinski definition) is 2. The molecule has 5 nitrogen and oxygen atoms in total. The first-order valence-electron chi connectivity index (χ1n) is 6.15. The summed E-state index contributed by atoms with van der Waals surface area (Å²) < 4.78 is 0. The Hall–Kier alpha value is -1.88. The number of carboxylic acids is 1. The Labute approximate surface area is 121 Å². The maximum atomic E-state index is 12.1. The molecule has 6 heteroatoms. The van der Waals surface area contributed by atoms with Crippen LogP contribution in [0.4, 0.5) is 0 Å². The first-order valence-corrected chi connectivity index (χ1v) is 6.53. The zero-order valence-electron chi connectivity index (χ0n) is 11.2. The molecule has 1 atom stereocenters. The van der Waals surface area contributed by atoms with Crippen molar-refractivity contribution < 1.29 is 19.5 Å². The monoisotopic (exact) mass is 297 g/mol. The Morgan fingerprint density at radius 3 is 2.20 bits per heavy atom. The fourth-order valence-corrected chi connectivity index (χ4v) is 1.93. The Balaban J connectivity index is 2.95. The maximum Gasteiger partial charge on any atom is 0.336 e. The summed E-state index contributed by atoms with van der Waals surface area (Å²) >= 11 is 5.45. The topological polar surface area (TPSA) is 83.5 Å². The van der Waals surface area contributed by atoms with E-state index in [1.54, 1.807) is 6.07 Å². The lowest BCUT2D eigenvalue weighted by Crippen LogP contribution is -2.40. The van der Waals surface area contributed by atoms with Crippen LogP contribution in [0.2, 0.25) is 0 Å². The molecule has 1 aromatic carbocycles. The number of rotatable bonds is 6. The van der Waals surface area contributed by atoms with Gasteiger partial charge in [0.2, 0.25) is 5.24 Å². The Morgan fingerprint density at radius 2 is 1.75 bits per heavy atom. The van der Waals surface area contributed by atoms with Crippen molar-refractivity contribution in [3.8, 4) is 0 Å². The van der Waals surface area contributed by atoms with E-state index < -0.39 is 23.2 Å². The molecule has 0 saturated heterocycles. The van der Waals surface area contributed by atoms with E-state index >= 15 is 0 Å². The molecule has 20 heavy (non-hydrogen) atoms. The van der Waals surface area contributed by atoms with E-state index in [1.807, 2.05) is 13.8 Å². The van der Waals surface area contributed by atoms with Gasteiger partial charge in [-0.3, -0.25) is 9.59 Å². The SMILES string of the molecule is CC(C)C[C@H](NC(=O)c1ccccc1C(=O)O)C(=O)Cl.